The first-order valence-electron chi connectivity index (χ1n) is 4.72. The Kier molecular flexibility index (Phi) is 3.37. The van der Waals surface area contributed by atoms with Crippen molar-refractivity contribution in [1.29, 1.82) is 0 Å². The second kappa shape index (κ2) is 4.21. The van der Waals surface area contributed by atoms with Gasteiger partial charge < -0.3 is 0 Å². The second-order valence-electron chi connectivity index (χ2n) is 3.58. The topological polar surface area (TPSA) is 0 Å². The Morgan fingerprint density at radius 1 is 1.20 bits per heavy atom. The molecule has 1 aromatic carbocycles. The van der Waals surface area contributed by atoms with Crippen LogP contribution in [0.4, 0.5) is 17.6 Å². The SMILES string of the molecule is CC[C@@H](C)c1cc(F)cc(C(F)(F)F)c1. The lowest BCUT2D eigenvalue weighted by molar-refractivity contribution is -0.137. The molecular formula is C11H12F4. The van der Waals surface area contributed by atoms with Crippen LogP contribution in [0.3, 0.4) is 0 Å². The summed E-state index contributed by atoms with van der Waals surface area (Å²) in [7, 11) is 0. The van der Waals surface area contributed by atoms with Crippen LogP contribution in [0, 0.1) is 5.82 Å². The maximum Gasteiger partial charge on any atom is 0.416 e. The molecule has 0 saturated heterocycles. The second-order valence-corrected chi connectivity index (χ2v) is 3.58. The molecule has 1 rings (SSSR count). The zero-order valence-corrected chi connectivity index (χ0v) is 8.53. The lowest BCUT2D eigenvalue weighted by atomic mass is 9.96. The summed E-state index contributed by atoms with van der Waals surface area (Å²) >= 11 is 0. The van der Waals surface area contributed by atoms with Gasteiger partial charge in [0.2, 0.25) is 0 Å². The monoisotopic (exact) mass is 220 g/mol. The highest BCUT2D eigenvalue weighted by molar-refractivity contribution is 5.28. The highest BCUT2D eigenvalue weighted by Crippen LogP contribution is 2.32. The zero-order valence-electron chi connectivity index (χ0n) is 8.53. The molecule has 0 spiro atoms. The van der Waals surface area contributed by atoms with Gasteiger partial charge in [0.1, 0.15) is 5.82 Å². The Hall–Kier alpha value is -1.06. The number of benzene rings is 1. The Morgan fingerprint density at radius 3 is 2.27 bits per heavy atom. The molecule has 0 aliphatic carbocycles. The Labute approximate surface area is 85.9 Å². The Balaban J connectivity index is 3.17. The van der Waals surface area contributed by atoms with Gasteiger partial charge in [0.25, 0.3) is 0 Å². The molecule has 0 unspecified atom stereocenters. The molecule has 15 heavy (non-hydrogen) atoms. The molecule has 0 nitrogen and oxygen atoms in total. The molecule has 1 atom stereocenters. The highest BCUT2D eigenvalue weighted by Gasteiger charge is 2.31. The van der Waals surface area contributed by atoms with E-state index in [2.05, 4.69) is 0 Å². The number of rotatable bonds is 2. The van der Waals surface area contributed by atoms with E-state index in [0.717, 1.165) is 12.1 Å². The number of alkyl halides is 3. The van der Waals surface area contributed by atoms with Crippen LogP contribution in [0.5, 0.6) is 0 Å². The standard InChI is InChI=1S/C11H12F4/c1-3-7(2)8-4-9(11(13,14)15)6-10(12)5-8/h4-7H,3H2,1-2H3/t7-/m1/s1. The minimum Gasteiger partial charge on any atom is -0.207 e. The van der Waals surface area contributed by atoms with E-state index in [1.54, 1.807) is 6.92 Å². The van der Waals surface area contributed by atoms with Gasteiger partial charge in [0.15, 0.2) is 0 Å². The van der Waals surface area contributed by atoms with Crippen molar-refractivity contribution in [2.45, 2.75) is 32.4 Å². The van der Waals surface area contributed by atoms with Gasteiger partial charge in [-0.2, -0.15) is 13.2 Å². The molecule has 1 aromatic rings. The maximum absolute atomic E-state index is 13.0. The van der Waals surface area contributed by atoms with Crippen LogP contribution < -0.4 is 0 Å². The molecule has 0 heterocycles. The zero-order chi connectivity index (χ0) is 11.6. The lowest BCUT2D eigenvalue weighted by Gasteiger charge is -2.13. The summed E-state index contributed by atoms with van der Waals surface area (Å²) in [6.07, 6.45) is -3.80. The van der Waals surface area contributed by atoms with Gasteiger partial charge in [0, 0.05) is 0 Å². The minimum atomic E-state index is -4.48. The fourth-order valence-electron chi connectivity index (χ4n) is 1.30. The van der Waals surface area contributed by atoms with Crippen molar-refractivity contribution in [1.82, 2.24) is 0 Å². The summed E-state index contributed by atoms with van der Waals surface area (Å²) in [5.41, 5.74) is -0.525. The Bertz CT molecular complexity index is 341. The minimum absolute atomic E-state index is 0.0678. The molecule has 0 aromatic heterocycles. The molecule has 0 saturated carbocycles. The van der Waals surface area contributed by atoms with E-state index in [1.165, 1.54) is 0 Å². The summed E-state index contributed by atoms with van der Waals surface area (Å²) in [4.78, 5) is 0. The van der Waals surface area contributed by atoms with Gasteiger partial charge in [-0.3, -0.25) is 0 Å². The third-order valence-electron chi connectivity index (χ3n) is 2.43. The summed E-state index contributed by atoms with van der Waals surface area (Å²) < 4.78 is 50.0. The first-order chi connectivity index (χ1) is 6.84. The van der Waals surface area contributed by atoms with E-state index in [1.807, 2.05) is 6.92 Å². The van der Waals surface area contributed by atoms with Crippen molar-refractivity contribution in [2.24, 2.45) is 0 Å². The van der Waals surface area contributed by atoms with Crippen molar-refractivity contribution in [3.05, 3.63) is 35.1 Å². The van der Waals surface area contributed by atoms with Gasteiger partial charge in [-0.25, -0.2) is 4.39 Å². The average molecular weight is 220 g/mol. The molecule has 0 fully saturated rings. The highest BCUT2D eigenvalue weighted by atomic mass is 19.4. The lowest BCUT2D eigenvalue weighted by Crippen LogP contribution is -2.07. The third-order valence-corrected chi connectivity index (χ3v) is 2.43. The number of hydrogen-bond donors (Lipinski definition) is 0. The van der Waals surface area contributed by atoms with E-state index in [0.29, 0.717) is 18.1 Å². The van der Waals surface area contributed by atoms with Crippen molar-refractivity contribution in [3.63, 3.8) is 0 Å². The number of halogens is 4. The van der Waals surface area contributed by atoms with E-state index in [9.17, 15) is 17.6 Å². The van der Waals surface area contributed by atoms with Crippen molar-refractivity contribution in [3.8, 4) is 0 Å². The maximum atomic E-state index is 13.0. The molecule has 0 aliphatic heterocycles. The molecule has 0 aliphatic rings. The van der Waals surface area contributed by atoms with Gasteiger partial charge >= 0.3 is 6.18 Å². The van der Waals surface area contributed by atoms with Gasteiger partial charge in [-0.15, -0.1) is 0 Å². The fraction of sp³-hybridized carbons (Fsp3) is 0.455. The van der Waals surface area contributed by atoms with Crippen LogP contribution in [0.1, 0.15) is 37.3 Å². The molecule has 4 heteroatoms. The van der Waals surface area contributed by atoms with Crippen molar-refractivity contribution >= 4 is 0 Å². The molecule has 0 radical (unpaired) electrons. The summed E-state index contributed by atoms with van der Waals surface area (Å²) in [6, 6.07) is 2.69. The van der Waals surface area contributed by atoms with Gasteiger partial charge in [-0.1, -0.05) is 13.8 Å². The predicted octanol–water partition coefficient (Wildman–Crippen LogP) is 4.36. The van der Waals surface area contributed by atoms with Crippen LogP contribution in [0.25, 0.3) is 0 Å². The van der Waals surface area contributed by atoms with Crippen molar-refractivity contribution < 1.29 is 17.6 Å². The van der Waals surface area contributed by atoms with Gasteiger partial charge in [0.05, 0.1) is 5.56 Å². The molecule has 0 N–H and O–H groups in total. The van der Waals surface area contributed by atoms with Gasteiger partial charge in [-0.05, 0) is 36.1 Å². The summed E-state index contributed by atoms with van der Waals surface area (Å²) in [6.45, 7) is 3.62. The molecule has 0 bridgehead atoms. The molecule has 0 amide bonds. The predicted molar refractivity (Wildman–Crippen MR) is 50.1 cm³/mol. The molecule has 84 valence electrons. The van der Waals surface area contributed by atoms with E-state index < -0.39 is 17.6 Å². The van der Waals surface area contributed by atoms with Crippen LogP contribution in [-0.4, -0.2) is 0 Å². The third kappa shape index (κ3) is 2.94. The number of hydrogen-bond acceptors (Lipinski definition) is 0. The average Bonchev–Trinajstić information content (AvgIpc) is 2.14. The van der Waals surface area contributed by atoms with Crippen LogP contribution in [0.2, 0.25) is 0 Å². The van der Waals surface area contributed by atoms with Crippen LogP contribution in [-0.2, 0) is 6.18 Å². The fourth-order valence-corrected chi connectivity index (χ4v) is 1.30. The Morgan fingerprint density at radius 2 is 1.80 bits per heavy atom. The van der Waals surface area contributed by atoms with Crippen molar-refractivity contribution in [2.75, 3.05) is 0 Å². The van der Waals surface area contributed by atoms with E-state index in [4.69, 9.17) is 0 Å². The molecular weight excluding hydrogens is 208 g/mol. The summed E-state index contributed by atoms with van der Waals surface area (Å²) in [5.74, 6) is -0.901. The summed E-state index contributed by atoms with van der Waals surface area (Å²) in [5, 5.41) is 0. The smallest absolute Gasteiger partial charge is 0.207 e. The van der Waals surface area contributed by atoms with Crippen LogP contribution >= 0.6 is 0 Å². The first-order valence-corrected chi connectivity index (χ1v) is 4.72. The van der Waals surface area contributed by atoms with E-state index >= 15 is 0 Å². The largest absolute Gasteiger partial charge is 0.416 e. The van der Waals surface area contributed by atoms with E-state index in [-0.39, 0.29) is 5.92 Å². The normalized spacial score (nSPS) is 14.0. The van der Waals surface area contributed by atoms with Crippen LogP contribution in [0.15, 0.2) is 18.2 Å². The first kappa shape index (κ1) is 12.0. The quantitative estimate of drug-likeness (QED) is 0.649.